The molecule has 0 saturated carbocycles. The van der Waals surface area contributed by atoms with E-state index in [4.69, 9.17) is 0 Å². The van der Waals surface area contributed by atoms with Crippen molar-refractivity contribution in [1.29, 1.82) is 0 Å². The fraction of sp³-hybridized carbons (Fsp3) is 0.846. The summed E-state index contributed by atoms with van der Waals surface area (Å²) >= 11 is 0. The molecule has 1 aliphatic carbocycles. The Labute approximate surface area is 89.0 Å². The molecular weight excluding hydrogens is 170 g/mol. The van der Waals surface area contributed by atoms with E-state index in [0.717, 1.165) is 6.54 Å². The van der Waals surface area contributed by atoms with Crippen LogP contribution in [-0.4, -0.2) is 12.6 Å². The van der Waals surface area contributed by atoms with Crippen LogP contribution in [0.1, 0.15) is 58.8 Å². The molecule has 0 heterocycles. The second-order valence-corrected chi connectivity index (χ2v) is 4.28. The van der Waals surface area contributed by atoms with Gasteiger partial charge in [-0.2, -0.15) is 0 Å². The van der Waals surface area contributed by atoms with Crippen molar-refractivity contribution >= 4 is 0 Å². The summed E-state index contributed by atoms with van der Waals surface area (Å²) in [4.78, 5) is 0. The van der Waals surface area contributed by atoms with Gasteiger partial charge in [-0.3, -0.25) is 0 Å². The molecule has 0 radical (unpaired) electrons. The zero-order valence-electron chi connectivity index (χ0n) is 9.81. The van der Waals surface area contributed by atoms with Crippen molar-refractivity contribution in [2.45, 2.75) is 64.8 Å². The van der Waals surface area contributed by atoms with Gasteiger partial charge < -0.3 is 5.32 Å². The molecule has 0 aromatic rings. The summed E-state index contributed by atoms with van der Waals surface area (Å²) in [5.41, 5.74) is 1.69. The third kappa shape index (κ3) is 3.83. The van der Waals surface area contributed by atoms with E-state index in [1.165, 1.54) is 44.9 Å². The first-order valence-electron chi connectivity index (χ1n) is 6.30. The molecule has 1 rings (SSSR count). The third-order valence-corrected chi connectivity index (χ3v) is 3.07. The normalized spacial score (nSPS) is 19.1. The molecule has 14 heavy (non-hydrogen) atoms. The highest BCUT2D eigenvalue weighted by Crippen LogP contribution is 2.22. The maximum Gasteiger partial charge on any atom is 0.0279 e. The highest BCUT2D eigenvalue weighted by Gasteiger charge is 2.14. The molecule has 0 aliphatic heterocycles. The molecule has 1 aliphatic rings. The minimum atomic E-state index is 0.681. The molecule has 82 valence electrons. The van der Waals surface area contributed by atoms with Gasteiger partial charge in [-0.05, 0) is 38.6 Å². The molecule has 0 aromatic carbocycles. The summed E-state index contributed by atoms with van der Waals surface area (Å²) in [6.45, 7) is 5.59. The standard InChI is InChI=1S/C13H25N/c1-3-5-11-13(14-4-2)12-9-7-6-8-10-12/h9,13-14H,3-8,10-11H2,1-2H3. The summed E-state index contributed by atoms with van der Waals surface area (Å²) in [7, 11) is 0. The lowest BCUT2D eigenvalue weighted by Gasteiger charge is -2.23. The number of unbranched alkanes of at least 4 members (excludes halogenated alkanes) is 1. The van der Waals surface area contributed by atoms with Crippen molar-refractivity contribution in [2.75, 3.05) is 6.54 Å². The average Bonchev–Trinajstić information content (AvgIpc) is 2.25. The smallest absolute Gasteiger partial charge is 0.0279 e. The van der Waals surface area contributed by atoms with Crippen LogP contribution < -0.4 is 5.32 Å². The summed E-state index contributed by atoms with van der Waals surface area (Å²) in [5.74, 6) is 0. The highest BCUT2D eigenvalue weighted by molar-refractivity contribution is 5.13. The molecule has 1 unspecified atom stereocenters. The fourth-order valence-corrected chi connectivity index (χ4v) is 2.25. The Balaban J connectivity index is 2.42. The summed E-state index contributed by atoms with van der Waals surface area (Å²) in [6, 6.07) is 0.681. The predicted molar refractivity (Wildman–Crippen MR) is 63.5 cm³/mol. The van der Waals surface area contributed by atoms with Crippen LogP contribution in [0.4, 0.5) is 0 Å². The van der Waals surface area contributed by atoms with Gasteiger partial charge in [0.25, 0.3) is 0 Å². The van der Waals surface area contributed by atoms with Crippen LogP contribution in [0.25, 0.3) is 0 Å². The van der Waals surface area contributed by atoms with Gasteiger partial charge in [0.05, 0.1) is 0 Å². The van der Waals surface area contributed by atoms with Crippen molar-refractivity contribution in [3.8, 4) is 0 Å². The monoisotopic (exact) mass is 195 g/mol. The second-order valence-electron chi connectivity index (χ2n) is 4.28. The predicted octanol–water partition coefficient (Wildman–Crippen LogP) is 3.66. The van der Waals surface area contributed by atoms with Gasteiger partial charge in [-0.25, -0.2) is 0 Å². The van der Waals surface area contributed by atoms with E-state index in [0.29, 0.717) is 6.04 Å². The number of hydrogen-bond donors (Lipinski definition) is 1. The van der Waals surface area contributed by atoms with Gasteiger partial charge >= 0.3 is 0 Å². The lowest BCUT2D eigenvalue weighted by atomic mass is 9.91. The van der Waals surface area contributed by atoms with Crippen LogP contribution >= 0.6 is 0 Å². The zero-order chi connectivity index (χ0) is 10.2. The quantitative estimate of drug-likeness (QED) is 0.638. The van der Waals surface area contributed by atoms with Gasteiger partial charge in [-0.15, -0.1) is 0 Å². The zero-order valence-corrected chi connectivity index (χ0v) is 9.81. The first kappa shape index (κ1) is 11.8. The van der Waals surface area contributed by atoms with Crippen molar-refractivity contribution in [1.82, 2.24) is 5.32 Å². The molecule has 0 bridgehead atoms. The van der Waals surface area contributed by atoms with E-state index >= 15 is 0 Å². The molecule has 0 amide bonds. The van der Waals surface area contributed by atoms with Gasteiger partial charge in [0.1, 0.15) is 0 Å². The minimum absolute atomic E-state index is 0.681. The maximum atomic E-state index is 3.62. The Morgan fingerprint density at radius 1 is 1.36 bits per heavy atom. The molecule has 0 fully saturated rings. The lowest BCUT2D eigenvalue weighted by molar-refractivity contribution is 0.498. The van der Waals surface area contributed by atoms with E-state index in [2.05, 4.69) is 25.2 Å². The minimum Gasteiger partial charge on any atom is -0.311 e. The first-order valence-corrected chi connectivity index (χ1v) is 6.30. The van der Waals surface area contributed by atoms with E-state index in [-0.39, 0.29) is 0 Å². The van der Waals surface area contributed by atoms with Crippen LogP contribution in [0, 0.1) is 0 Å². The van der Waals surface area contributed by atoms with Crippen molar-refractivity contribution in [2.24, 2.45) is 0 Å². The van der Waals surface area contributed by atoms with E-state index in [1.54, 1.807) is 5.57 Å². The molecule has 0 saturated heterocycles. The number of nitrogens with one attached hydrogen (secondary N) is 1. The summed E-state index contributed by atoms with van der Waals surface area (Å²) in [5, 5.41) is 3.62. The van der Waals surface area contributed by atoms with E-state index in [9.17, 15) is 0 Å². The van der Waals surface area contributed by atoms with Crippen molar-refractivity contribution < 1.29 is 0 Å². The van der Waals surface area contributed by atoms with Crippen LogP contribution in [-0.2, 0) is 0 Å². The SMILES string of the molecule is CCCCC(NCC)C1=CCCCC1. The Hall–Kier alpha value is -0.300. The molecule has 1 atom stereocenters. The molecule has 0 spiro atoms. The molecule has 1 heteroatoms. The highest BCUT2D eigenvalue weighted by atomic mass is 14.9. The topological polar surface area (TPSA) is 12.0 Å². The van der Waals surface area contributed by atoms with Crippen molar-refractivity contribution in [3.63, 3.8) is 0 Å². The van der Waals surface area contributed by atoms with Gasteiger partial charge in [0.2, 0.25) is 0 Å². The fourth-order valence-electron chi connectivity index (χ4n) is 2.25. The Bertz CT molecular complexity index is 172. The van der Waals surface area contributed by atoms with Gasteiger partial charge in [0, 0.05) is 6.04 Å². The maximum absolute atomic E-state index is 3.62. The number of allylic oxidation sites excluding steroid dienone is 1. The number of likely N-dealkylation sites (N-methyl/N-ethyl adjacent to an activating group) is 1. The third-order valence-electron chi connectivity index (χ3n) is 3.07. The summed E-state index contributed by atoms with van der Waals surface area (Å²) in [6.07, 6.45) is 11.9. The Kier molecular flexibility index (Phi) is 5.93. The van der Waals surface area contributed by atoms with Crippen LogP contribution in [0.2, 0.25) is 0 Å². The van der Waals surface area contributed by atoms with Crippen LogP contribution in [0.15, 0.2) is 11.6 Å². The van der Waals surface area contributed by atoms with Crippen LogP contribution in [0.3, 0.4) is 0 Å². The molecule has 0 aromatic heterocycles. The van der Waals surface area contributed by atoms with Crippen molar-refractivity contribution in [3.05, 3.63) is 11.6 Å². The van der Waals surface area contributed by atoms with Crippen LogP contribution in [0.5, 0.6) is 0 Å². The molecule has 1 nitrogen and oxygen atoms in total. The second kappa shape index (κ2) is 7.05. The Morgan fingerprint density at radius 3 is 2.79 bits per heavy atom. The molecular formula is C13H25N. The summed E-state index contributed by atoms with van der Waals surface area (Å²) < 4.78 is 0. The van der Waals surface area contributed by atoms with E-state index in [1.807, 2.05) is 0 Å². The van der Waals surface area contributed by atoms with Gasteiger partial charge in [-0.1, -0.05) is 38.3 Å². The van der Waals surface area contributed by atoms with E-state index < -0.39 is 0 Å². The largest absolute Gasteiger partial charge is 0.311 e. The van der Waals surface area contributed by atoms with Gasteiger partial charge in [0.15, 0.2) is 0 Å². The lowest BCUT2D eigenvalue weighted by Crippen LogP contribution is -2.31. The Morgan fingerprint density at radius 2 is 2.21 bits per heavy atom. The number of hydrogen-bond acceptors (Lipinski definition) is 1. The molecule has 1 N–H and O–H groups in total. The first-order chi connectivity index (χ1) is 6.88. The number of rotatable bonds is 6. The average molecular weight is 195 g/mol.